The van der Waals surface area contributed by atoms with Gasteiger partial charge in [0.2, 0.25) is 0 Å². The lowest BCUT2D eigenvalue weighted by atomic mass is 10.1. The van der Waals surface area contributed by atoms with E-state index in [-0.39, 0.29) is 46.0 Å². The summed E-state index contributed by atoms with van der Waals surface area (Å²) in [6.07, 6.45) is 5.09. The third-order valence-corrected chi connectivity index (χ3v) is 9.36. The zero-order valence-corrected chi connectivity index (χ0v) is 31.2. The number of nitriles is 2. The molecule has 4 N–H and O–H groups in total. The van der Waals surface area contributed by atoms with E-state index in [2.05, 4.69) is 31.5 Å². The second-order valence-corrected chi connectivity index (χ2v) is 13.3. The maximum absolute atomic E-state index is 14.5. The Labute approximate surface area is 335 Å². The van der Waals surface area contributed by atoms with Crippen molar-refractivity contribution in [2.45, 2.75) is 12.2 Å². The molecule has 2 amide bonds. The summed E-state index contributed by atoms with van der Waals surface area (Å²) in [7, 11) is 0. The minimum atomic E-state index is -0.648. The smallest absolute Gasteiger partial charge is 0.258 e. The van der Waals surface area contributed by atoms with Gasteiger partial charge in [-0.25, -0.2) is 22.5 Å². The summed E-state index contributed by atoms with van der Waals surface area (Å²) in [5.74, 6) is -2.81. The van der Waals surface area contributed by atoms with Gasteiger partial charge in [0, 0.05) is 38.6 Å². The molecule has 2 atom stereocenters. The highest BCUT2D eigenvalue weighted by molar-refractivity contribution is 6.04. The van der Waals surface area contributed by atoms with Crippen LogP contribution in [0.3, 0.4) is 0 Å². The lowest BCUT2D eigenvalue weighted by molar-refractivity contribution is 0.0275. The van der Waals surface area contributed by atoms with Gasteiger partial charge in [-0.1, -0.05) is 12.1 Å². The first-order chi connectivity index (χ1) is 28.7. The topological polar surface area (TPSA) is 184 Å². The Morgan fingerprint density at radius 3 is 1.64 bits per heavy atom. The van der Waals surface area contributed by atoms with Crippen molar-refractivity contribution in [2.24, 2.45) is 0 Å². The van der Waals surface area contributed by atoms with Crippen LogP contribution in [0.15, 0.2) is 104 Å². The summed E-state index contributed by atoms with van der Waals surface area (Å²) in [6, 6.07) is 23.8. The lowest BCUT2D eigenvalue weighted by Gasteiger charge is -2.24. The molecule has 17 heteroatoms. The van der Waals surface area contributed by atoms with Crippen molar-refractivity contribution in [3.8, 4) is 23.5 Å². The van der Waals surface area contributed by atoms with E-state index >= 15 is 0 Å². The molecule has 0 aliphatic carbocycles. The van der Waals surface area contributed by atoms with Crippen LogP contribution in [0.1, 0.15) is 55.2 Å². The lowest BCUT2D eigenvalue weighted by Crippen LogP contribution is -2.33. The van der Waals surface area contributed by atoms with Gasteiger partial charge in [-0.15, -0.1) is 0 Å². The number of halogens is 3. The molecule has 14 nitrogen and oxygen atoms in total. The Hall–Kier alpha value is -7.15. The summed E-state index contributed by atoms with van der Waals surface area (Å²) in [4.78, 5) is 25.0. The van der Waals surface area contributed by atoms with Crippen LogP contribution in [-0.4, -0.2) is 70.8 Å². The van der Waals surface area contributed by atoms with Crippen LogP contribution < -0.4 is 21.3 Å². The first-order valence-electron chi connectivity index (χ1n) is 18.3. The van der Waals surface area contributed by atoms with E-state index in [1.165, 1.54) is 64.4 Å². The minimum Gasteiger partial charge on any atom is -0.371 e. The highest BCUT2D eigenvalue weighted by Gasteiger charge is 2.20. The summed E-state index contributed by atoms with van der Waals surface area (Å²) < 4.78 is 57.0. The summed E-state index contributed by atoms with van der Waals surface area (Å²) in [5, 5.41) is 37.3. The Morgan fingerprint density at radius 1 is 0.661 bits per heavy atom. The largest absolute Gasteiger partial charge is 0.371 e. The SMILES string of the molecule is N#Cc1ccc(-n2cc(C(=O)Nc3ccc([C@H]4CNCCO4)cc3F)cn2)c(F)c1.N#Cc1ccc(-n2cc(C(=O)Nc3ccc([C@H]4CNCCO4)cc3F)cn2)cc1. The van der Waals surface area contributed by atoms with Crippen molar-refractivity contribution in [3.05, 3.63) is 154 Å². The van der Waals surface area contributed by atoms with Gasteiger partial charge < -0.3 is 30.7 Å². The third kappa shape index (κ3) is 9.70. The Morgan fingerprint density at radius 2 is 1.17 bits per heavy atom. The molecule has 0 radical (unpaired) electrons. The van der Waals surface area contributed by atoms with E-state index < -0.39 is 29.3 Å². The fraction of sp³-hybridized carbons (Fsp3) is 0.190. The van der Waals surface area contributed by atoms with Crippen molar-refractivity contribution in [1.82, 2.24) is 30.2 Å². The molecular weight excluding hydrogens is 766 g/mol. The number of anilines is 2. The molecule has 0 unspecified atom stereocenters. The van der Waals surface area contributed by atoms with Gasteiger partial charge in [0.05, 0.1) is 89.3 Å². The monoisotopic (exact) mass is 800 g/mol. The molecule has 59 heavy (non-hydrogen) atoms. The van der Waals surface area contributed by atoms with Crippen LogP contribution in [0.4, 0.5) is 24.5 Å². The molecule has 6 aromatic rings. The van der Waals surface area contributed by atoms with Crippen LogP contribution in [0.5, 0.6) is 0 Å². The van der Waals surface area contributed by atoms with Crippen LogP contribution in [-0.2, 0) is 9.47 Å². The second kappa shape index (κ2) is 18.4. The van der Waals surface area contributed by atoms with E-state index in [0.29, 0.717) is 43.1 Å². The zero-order valence-electron chi connectivity index (χ0n) is 31.2. The number of carbonyl (C=O) groups is 2. The second-order valence-electron chi connectivity index (χ2n) is 13.3. The van der Waals surface area contributed by atoms with Crippen LogP contribution in [0.25, 0.3) is 11.4 Å². The number of hydrogen-bond acceptors (Lipinski definition) is 10. The van der Waals surface area contributed by atoms with Crippen LogP contribution >= 0.6 is 0 Å². The number of morpholine rings is 2. The fourth-order valence-corrected chi connectivity index (χ4v) is 6.22. The molecule has 8 rings (SSSR count). The fourth-order valence-electron chi connectivity index (χ4n) is 6.22. The summed E-state index contributed by atoms with van der Waals surface area (Å²) >= 11 is 0. The average molecular weight is 801 g/mol. The van der Waals surface area contributed by atoms with Gasteiger partial charge >= 0.3 is 0 Å². The standard InChI is InChI=1S/C21H17F2N5O2.C21H18FN5O2/c22-16-8-14(20-11-25-5-6-30-20)2-3-18(16)27-21(29)15-10-26-28(12-15)19-4-1-13(9-24)7-17(19)23;22-18-9-15(20-12-24-7-8-29-20)3-6-19(18)26-21(28)16-11-25-27(13-16)17-4-1-14(10-23)2-5-17/h1-4,7-8,10,12,20,25H,5-6,11H2,(H,27,29);1-6,9,11,13,20,24H,7-8,12H2,(H,26,28)/t2*20-/m11/s1. The number of nitrogens with zero attached hydrogens (tertiary/aromatic N) is 6. The number of aromatic nitrogens is 4. The molecule has 4 heterocycles. The molecule has 0 bridgehead atoms. The molecule has 2 saturated heterocycles. The van der Waals surface area contributed by atoms with E-state index in [4.69, 9.17) is 20.0 Å². The highest BCUT2D eigenvalue weighted by Crippen LogP contribution is 2.26. The Kier molecular flexibility index (Phi) is 12.5. The molecule has 298 valence electrons. The first kappa shape index (κ1) is 40.1. The minimum absolute atomic E-state index is 0.0184. The van der Waals surface area contributed by atoms with Crippen molar-refractivity contribution in [1.29, 1.82) is 10.5 Å². The summed E-state index contributed by atoms with van der Waals surface area (Å²) in [5.41, 5.74) is 3.44. The number of ether oxygens (including phenoxy) is 2. The molecule has 2 aromatic heterocycles. The van der Waals surface area contributed by atoms with Crippen molar-refractivity contribution in [2.75, 3.05) is 50.0 Å². The van der Waals surface area contributed by atoms with Gasteiger partial charge in [0.25, 0.3) is 11.8 Å². The quantitative estimate of drug-likeness (QED) is 0.148. The van der Waals surface area contributed by atoms with Crippen molar-refractivity contribution in [3.63, 3.8) is 0 Å². The maximum atomic E-state index is 14.5. The van der Waals surface area contributed by atoms with E-state index in [1.54, 1.807) is 42.6 Å². The third-order valence-electron chi connectivity index (χ3n) is 9.36. The normalized spacial score (nSPS) is 16.2. The van der Waals surface area contributed by atoms with Crippen molar-refractivity contribution >= 4 is 23.2 Å². The van der Waals surface area contributed by atoms with Gasteiger partial charge in [0.15, 0.2) is 0 Å². The number of nitrogens with one attached hydrogen (secondary N) is 4. The van der Waals surface area contributed by atoms with Crippen LogP contribution in [0, 0.1) is 40.1 Å². The molecule has 0 spiro atoms. The van der Waals surface area contributed by atoms with Crippen LogP contribution in [0.2, 0.25) is 0 Å². The average Bonchev–Trinajstić information content (AvgIpc) is 3.98. The van der Waals surface area contributed by atoms with E-state index in [0.717, 1.165) is 24.7 Å². The summed E-state index contributed by atoms with van der Waals surface area (Å²) in [6.45, 7) is 3.88. The van der Waals surface area contributed by atoms with E-state index in [9.17, 15) is 22.8 Å². The van der Waals surface area contributed by atoms with E-state index in [1.807, 2.05) is 12.1 Å². The predicted octanol–water partition coefficient (Wildman–Crippen LogP) is 5.73. The zero-order chi connectivity index (χ0) is 41.3. The Bertz CT molecular complexity index is 2550. The number of hydrogen-bond donors (Lipinski definition) is 4. The molecule has 2 aliphatic rings. The van der Waals surface area contributed by atoms with Gasteiger partial charge in [-0.2, -0.15) is 20.7 Å². The van der Waals surface area contributed by atoms with Gasteiger partial charge in [-0.05, 0) is 77.9 Å². The Balaban J connectivity index is 0.000000179. The molecule has 2 aliphatic heterocycles. The van der Waals surface area contributed by atoms with Gasteiger partial charge in [-0.3, -0.25) is 9.59 Å². The molecular formula is C42H35F3N10O4. The number of benzene rings is 4. The molecule has 2 fully saturated rings. The highest BCUT2D eigenvalue weighted by atomic mass is 19.1. The molecule has 4 aromatic carbocycles. The maximum Gasteiger partial charge on any atom is 0.258 e. The first-order valence-corrected chi connectivity index (χ1v) is 18.3. The van der Waals surface area contributed by atoms with Gasteiger partial charge in [0.1, 0.15) is 23.1 Å². The number of carbonyl (C=O) groups excluding carboxylic acids is 2. The number of rotatable bonds is 8. The molecule has 0 saturated carbocycles. The number of amides is 2. The predicted molar refractivity (Wildman–Crippen MR) is 208 cm³/mol. The van der Waals surface area contributed by atoms with Crippen molar-refractivity contribution < 1.29 is 32.2 Å².